The Balaban J connectivity index is 2.65. The van der Waals surface area contributed by atoms with Gasteiger partial charge in [0.2, 0.25) is 11.8 Å². The molecule has 68 valence electrons. The number of nitrogen functional groups attached to an aromatic ring is 1. The van der Waals surface area contributed by atoms with Gasteiger partial charge in [-0.15, -0.1) is 12.3 Å². The van der Waals surface area contributed by atoms with E-state index in [1.165, 1.54) is 6.20 Å². The molecule has 1 heterocycles. The van der Waals surface area contributed by atoms with Gasteiger partial charge in [-0.05, 0) is 0 Å². The molecule has 0 atom stereocenters. The normalized spacial score (nSPS) is 9.23. The predicted octanol–water partition coefficient (Wildman–Crippen LogP) is 1.11. The fourth-order valence-electron chi connectivity index (χ4n) is 0.672. The number of anilines is 1. The van der Waals surface area contributed by atoms with E-state index in [0.29, 0.717) is 18.1 Å². The number of aromatic nitrogens is 2. The highest BCUT2D eigenvalue weighted by atomic mass is 35.5. The summed E-state index contributed by atoms with van der Waals surface area (Å²) >= 11 is 5.72. The average Bonchev–Trinajstić information content (AvgIpc) is 2.11. The smallest absolute Gasteiger partial charge is 0.237 e. The second-order valence-electron chi connectivity index (χ2n) is 2.18. The third-order valence-electron chi connectivity index (χ3n) is 1.22. The second kappa shape index (κ2) is 4.53. The number of hydrogen-bond acceptors (Lipinski definition) is 4. The van der Waals surface area contributed by atoms with Crippen molar-refractivity contribution in [2.45, 2.75) is 6.42 Å². The molecule has 4 nitrogen and oxygen atoms in total. The third kappa shape index (κ3) is 2.80. The average molecular weight is 198 g/mol. The van der Waals surface area contributed by atoms with Crippen LogP contribution >= 0.6 is 11.6 Å². The molecule has 0 amide bonds. The van der Waals surface area contributed by atoms with E-state index in [-0.39, 0.29) is 11.8 Å². The maximum absolute atomic E-state index is 5.72. The summed E-state index contributed by atoms with van der Waals surface area (Å²) in [6.45, 7) is 0.368. The summed E-state index contributed by atoms with van der Waals surface area (Å²) in [5.41, 5.74) is 5.33. The number of terminal acetylenes is 1. The van der Waals surface area contributed by atoms with Crippen LogP contribution in [0.5, 0.6) is 5.88 Å². The third-order valence-corrected chi connectivity index (χ3v) is 1.48. The second-order valence-corrected chi connectivity index (χ2v) is 2.59. The van der Waals surface area contributed by atoms with E-state index in [0.717, 1.165) is 0 Å². The first-order valence-electron chi connectivity index (χ1n) is 3.58. The van der Waals surface area contributed by atoms with Gasteiger partial charge in [0.1, 0.15) is 11.6 Å². The maximum Gasteiger partial charge on any atom is 0.237 e. The number of halogens is 1. The van der Waals surface area contributed by atoms with Crippen molar-refractivity contribution in [2.75, 3.05) is 12.3 Å². The molecule has 1 aromatic heterocycles. The highest BCUT2D eigenvalue weighted by Crippen LogP contribution is 2.20. The highest BCUT2D eigenvalue weighted by molar-refractivity contribution is 6.31. The van der Waals surface area contributed by atoms with Crippen LogP contribution in [0.2, 0.25) is 5.02 Å². The minimum absolute atomic E-state index is 0.125. The van der Waals surface area contributed by atoms with Crippen LogP contribution < -0.4 is 10.5 Å². The Labute approximate surface area is 81.1 Å². The van der Waals surface area contributed by atoms with E-state index in [1.54, 1.807) is 0 Å². The molecule has 0 aliphatic carbocycles. The van der Waals surface area contributed by atoms with Crippen molar-refractivity contribution in [3.63, 3.8) is 0 Å². The van der Waals surface area contributed by atoms with Gasteiger partial charge in [0, 0.05) is 6.42 Å². The first-order chi connectivity index (χ1) is 6.24. The van der Waals surface area contributed by atoms with Gasteiger partial charge in [-0.1, -0.05) is 11.6 Å². The van der Waals surface area contributed by atoms with Crippen LogP contribution in [0.1, 0.15) is 6.42 Å². The molecule has 0 fully saturated rings. The number of nitrogens with zero attached hydrogens (tertiary/aromatic N) is 2. The van der Waals surface area contributed by atoms with Gasteiger partial charge in [-0.2, -0.15) is 4.98 Å². The summed E-state index contributed by atoms with van der Waals surface area (Å²) in [7, 11) is 0. The van der Waals surface area contributed by atoms with Crippen molar-refractivity contribution >= 4 is 17.5 Å². The summed E-state index contributed by atoms with van der Waals surface area (Å²) in [6.07, 6.45) is 6.92. The lowest BCUT2D eigenvalue weighted by Crippen LogP contribution is -2.02. The van der Waals surface area contributed by atoms with Crippen molar-refractivity contribution < 1.29 is 4.74 Å². The molecule has 0 aliphatic rings. The van der Waals surface area contributed by atoms with Gasteiger partial charge in [0.15, 0.2) is 0 Å². The Morgan fingerprint density at radius 3 is 3.15 bits per heavy atom. The molecule has 0 aliphatic heterocycles. The quantitative estimate of drug-likeness (QED) is 0.583. The summed E-state index contributed by atoms with van der Waals surface area (Å²) in [5, 5.41) is 0.325. The van der Waals surface area contributed by atoms with E-state index >= 15 is 0 Å². The van der Waals surface area contributed by atoms with Crippen LogP contribution in [0.3, 0.4) is 0 Å². The topological polar surface area (TPSA) is 61.0 Å². The SMILES string of the molecule is C#CCCOc1nc(N)ncc1Cl. The van der Waals surface area contributed by atoms with Crippen LogP contribution in [-0.4, -0.2) is 16.6 Å². The van der Waals surface area contributed by atoms with Crippen LogP contribution in [0, 0.1) is 12.3 Å². The van der Waals surface area contributed by atoms with E-state index in [1.807, 2.05) is 0 Å². The summed E-state index contributed by atoms with van der Waals surface area (Å²) in [5.74, 6) is 2.82. The number of hydrogen-bond donors (Lipinski definition) is 1. The largest absolute Gasteiger partial charge is 0.475 e. The van der Waals surface area contributed by atoms with Gasteiger partial charge in [0.25, 0.3) is 0 Å². The molecule has 0 saturated heterocycles. The zero-order chi connectivity index (χ0) is 9.68. The first-order valence-corrected chi connectivity index (χ1v) is 3.96. The van der Waals surface area contributed by atoms with Crippen LogP contribution in [-0.2, 0) is 0 Å². The van der Waals surface area contributed by atoms with Gasteiger partial charge in [-0.25, -0.2) is 4.98 Å². The van der Waals surface area contributed by atoms with Gasteiger partial charge >= 0.3 is 0 Å². The molecule has 0 saturated carbocycles. The Kier molecular flexibility index (Phi) is 3.35. The van der Waals surface area contributed by atoms with Crippen molar-refractivity contribution in [3.8, 4) is 18.2 Å². The molecule has 0 radical (unpaired) electrons. The molecule has 13 heavy (non-hydrogen) atoms. The molecule has 5 heteroatoms. The molecule has 0 spiro atoms. The Bertz CT molecular complexity index is 335. The molecule has 1 aromatic rings. The number of ether oxygens (including phenoxy) is 1. The summed E-state index contributed by atoms with van der Waals surface area (Å²) < 4.78 is 5.15. The Hall–Kier alpha value is -1.47. The molecule has 0 aromatic carbocycles. The number of nitrogens with two attached hydrogens (primary N) is 1. The standard InChI is InChI=1S/C8H8ClN3O/c1-2-3-4-13-7-6(9)5-11-8(10)12-7/h1,5H,3-4H2,(H2,10,11,12). The fraction of sp³-hybridized carbons (Fsp3) is 0.250. The lowest BCUT2D eigenvalue weighted by molar-refractivity contribution is 0.314. The lowest BCUT2D eigenvalue weighted by atomic mass is 10.5. The summed E-state index contributed by atoms with van der Waals surface area (Å²) in [4.78, 5) is 7.47. The van der Waals surface area contributed by atoms with E-state index < -0.39 is 0 Å². The molecular weight excluding hydrogens is 190 g/mol. The maximum atomic E-state index is 5.72. The van der Waals surface area contributed by atoms with Gasteiger partial charge in [0.05, 0.1) is 6.20 Å². The minimum Gasteiger partial charge on any atom is -0.475 e. The minimum atomic E-state index is 0.125. The zero-order valence-electron chi connectivity index (χ0n) is 6.83. The highest BCUT2D eigenvalue weighted by Gasteiger charge is 2.03. The monoisotopic (exact) mass is 197 g/mol. The van der Waals surface area contributed by atoms with Gasteiger partial charge in [-0.3, -0.25) is 0 Å². The molecule has 0 unspecified atom stereocenters. The van der Waals surface area contributed by atoms with Crippen LogP contribution in [0.25, 0.3) is 0 Å². The molecule has 2 N–H and O–H groups in total. The fourth-order valence-corrected chi connectivity index (χ4v) is 0.818. The van der Waals surface area contributed by atoms with Crippen molar-refractivity contribution in [1.29, 1.82) is 0 Å². The Morgan fingerprint density at radius 2 is 2.46 bits per heavy atom. The lowest BCUT2D eigenvalue weighted by Gasteiger charge is -2.04. The Morgan fingerprint density at radius 1 is 1.69 bits per heavy atom. The molecule has 1 rings (SSSR count). The molecular formula is C8H8ClN3O. The zero-order valence-corrected chi connectivity index (χ0v) is 7.58. The van der Waals surface area contributed by atoms with Gasteiger partial charge < -0.3 is 10.5 Å². The van der Waals surface area contributed by atoms with E-state index in [9.17, 15) is 0 Å². The molecule has 0 bridgehead atoms. The van der Waals surface area contributed by atoms with E-state index in [2.05, 4.69) is 15.9 Å². The van der Waals surface area contributed by atoms with Crippen LogP contribution in [0.15, 0.2) is 6.20 Å². The number of rotatable bonds is 3. The van der Waals surface area contributed by atoms with E-state index in [4.69, 9.17) is 28.5 Å². The van der Waals surface area contributed by atoms with Crippen LogP contribution in [0.4, 0.5) is 5.95 Å². The van der Waals surface area contributed by atoms with Crippen molar-refractivity contribution in [1.82, 2.24) is 9.97 Å². The summed E-state index contributed by atoms with van der Waals surface area (Å²) in [6, 6.07) is 0. The van der Waals surface area contributed by atoms with Crippen molar-refractivity contribution in [2.24, 2.45) is 0 Å². The van der Waals surface area contributed by atoms with Crippen molar-refractivity contribution in [3.05, 3.63) is 11.2 Å². The first kappa shape index (κ1) is 9.62. The predicted molar refractivity (Wildman–Crippen MR) is 50.4 cm³/mol.